The molecule has 0 spiro atoms. The summed E-state index contributed by atoms with van der Waals surface area (Å²) in [5, 5.41) is -0.427. The van der Waals surface area contributed by atoms with Crippen LogP contribution >= 0.6 is 23.4 Å². The first kappa shape index (κ1) is 12.3. The van der Waals surface area contributed by atoms with Crippen LogP contribution in [-0.2, 0) is 4.79 Å². The maximum absolute atomic E-state index is 11.6. The molecule has 0 aliphatic rings. The number of carbonyl (C=O) groups excluding carboxylic acids is 2. The minimum Gasteiger partial charge on any atom is -0.282 e. The normalized spacial score (nSPS) is 12.1. The number of thioether (sulfide) groups is 1. The van der Waals surface area contributed by atoms with Crippen LogP contribution in [0, 0.1) is 5.92 Å². The minimum absolute atomic E-state index is 0.0274. The third-order valence-electron chi connectivity index (χ3n) is 1.86. The molecule has 0 aromatic heterocycles. The second kappa shape index (κ2) is 5.93. The summed E-state index contributed by atoms with van der Waals surface area (Å²) in [4.78, 5) is 22.3. The zero-order valence-corrected chi connectivity index (χ0v) is 9.85. The number of benzene rings is 1. The van der Waals surface area contributed by atoms with Crippen LogP contribution in [0.1, 0.15) is 17.3 Å². The molecule has 0 aliphatic heterocycles. The highest BCUT2D eigenvalue weighted by Gasteiger charge is 2.13. The first-order chi connectivity index (χ1) is 7.11. The second-order valence-electron chi connectivity index (χ2n) is 3.17. The lowest BCUT2D eigenvalue weighted by Gasteiger charge is -2.04. The van der Waals surface area contributed by atoms with Crippen molar-refractivity contribution in [3.05, 3.63) is 35.9 Å². The molecule has 0 saturated heterocycles. The van der Waals surface area contributed by atoms with Crippen LogP contribution in [0.4, 0.5) is 0 Å². The largest absolute Gasteiger partial charge is 0.282 e. The summed E-state index contributed by atoms with van der Waals surface area (Å²) in [7, 11) is 0. The summed E-state index contributed by atoms with van der Waals surface area (Å²) >= 11 is 6.42. The molecule has 0 bridgehead atoms. The van der Waals surface area contributed by atoms with Crippen molar-refractivity contribution in [1.29, 1.82) is 0 Å². The van der Waals surface area contributed by atoms with E-state index in [-0.39, 0.29) is 11.0 Å². The highest BCUT2D eigenvalue weighted by molar-refractivity contribution is 8.14. The van der Waals surface area contributed by atoms with Crippen LogP contribution in [0.25, 0.3) is 0 Å². The van der Waals surface area contributed by atoms with Crippen LogP contribution in [0.2, 0.25) is 0 Å². The first-order valence-corrected chi connectivity index (χ1v) is 5.89. The number of halogens is 1. The SMILES string of the molecule is C[C@@H](CSC(=O)c1ccccc1)C(=O)Cl. The molecule has 0 amide bonds. The molecule has 0 heterocycles. The molecule has 0 aliphatic carbocycles. The Labute approximate surface area is 98.0 Å². The van der Waals surface area contributed by atoms with Crippen molar-refractivity contribution in [3.8, 4) is 0 Å². The van der Waals surface area contributed by atoms with Gasteiger partial charge in [0.05, 0.1) is 0 Å². The molecule has 1 atom stereocenters. The molecular formula is C11H11ClO2S. The maximum Gasteiger partial charge on any atom is 0.225 e. The Balaban J connectivity index is 2.47. The molecule has 4 heteroatoms. The van der Waals surface area contributed by atoms with Gasteiger partial charge in [0, 0.05) is 17.2 Å². The van der Waals surface area contributed by atoms with E-state index in [1.165, 1.54) is 0 Å². The standard InChI is InChI=1S/C11H11ClO2S/c1-8(10(12)13)7-15-11(14)9-5-3-2-4-6-9/h2-6,8H,7H2,1H3/t8-/m0/s1. The van der Waals surface area contributed by atoms with Crippen molar-refractivity contribution in [2.75, 3.05) is 5.75 Å². The van der Waals surface area contributed by atoms with Crippen molar-refractivity contribution in [3.63, 3.8) is 0 Å². The monoisotopic (exact) mass is 242 g/mol. The first-order valence-electron chi connectivity index (χ1n) is 4.52. The van der Waals surface area contributed by atoms with Crippen molar-refractivity contribution >= 4 is 33.7 Å². The Hall–Kier alpha value is -0.800. The lowest BCUT2D eigenvalue weighted by molar-refractivity contribution is -0.114. The quantitative estimate of drug-likeness (QED) is 0.762. The predicted molar refractivity (Wildman–Crippen MR) is 63.3 cm³/mol. The topological polar surface area (TPSA) is 34.1 Å². The summed E-state index contributed by atoms with van der Waals surface area (Å²) in [5.74, 6) is 0.139. The number of carbonyl (C=O) groups is 2. The zero-order valence-electron chi connectivity index (χ0n) is 8.27. The summed E-state index contributed by atoms with van der Waals surface area (Å²) in [5.41, 5.74) is 0.650. The molecule has 15 heavy (non-hydrogen) atoms. The van der Waals surface area contributed by atoms with E-state index >= 15 is 0 Å². The molecule has 0 saturated carbocycles. The lowest BCUT2D eigenvalue weighted by atomic mass is 10.2. The Bertz CT molecular complexity index is 351. The summed E-state index contributed by atoms with van der Waals surface area (Å²) in [6.45, 7) is 1.71. The highest BCUT2D eigenvalue weighted by Crippen LogP contribution is 2.16. The van der Waals surface area contributed by atoms with E-state index in [4.69, 9.17) is 11.6 Å². The van der Waals surface area contributed by atoms with Gasteiger partial charge in [0.25, 0.3) is 0 Å². The van der Waals surface area contributed by atoms with Crippen molar-refractivity contribution in [2.45, 2.75) is 6.92 Å². The van der Waals surface area contributed by atoms with Gasteiger partial charge in [-0.15, -0.1) is 0 Å². The average Bonchev–Trinajstić information content (AvgIpc) is 2.26. The van der Waals surface area contributed by atoms with Crippen molar-refractivity contribution in [1.82, 2.24) is 0 Å². The third-order valence-corrected chi connectivity index (χ3v) is 3.40. The fraction of sp³-hybridized carbons (Fsp3) is 0.273. The highest BCUT2D eigenvalue weighted by atomic mass is 35.5. The Kier molecular flexibility index (Phi) is 4.85. The van der Waals surface area contributed by atoms with E-state index in [0.717, 1.165) is 11.8 Å². The van der Waals surface area contributed by atoms with E-state index in [9.17, 15) is 9.59 Å². The van der Waals surface area contributed by atoms with Gasteiger partial charge in [-0.25, -0.2) is 0 Å². The molecular weight excluding hydrogens is 232 g/mol. The van der Waals surface area contributed by atoms with Crippen LogP contribution in [0.3, 0.4) is 0 Å². The van der Waals surface area contributed by atoms with Crippen molar-refractivity contribution in [2.24, 2.45) is 5.92 Å². The summed E-state index contributed by atoms with van der Waals surface area (Å²) < 4.78 is 0. The molecule has 80 valence electrons. The van der Waals surface area contributed by atoms with E-state index < -0.39 is 5.24 Å². The van der Waals surface area contributed by atoms with Gasteiger partial charge in [-0.1, -0.05) is 49.0 Å². The smallest absolute Gasteiger partial charge is 0.225 e. The van der Waals surface area contributed by atoms with Gasteiger partial charge < -0.3 is 0 Å². The van der Waals surface area contributed by atoms with E-state index in [1.807, 2.05) is 18.2 Å². The molecule has 0 radical (unpaired) electrons. The summed E-state index contributed by atoms with van der Waals surface area (Å²) in [6.07, 6.45) is 0. The summed E-state index contributed by atoms with van der Waals surface area (Å²) in [6, 6.07) is 8.98. The Morgan fingerprint density at radius 1 is 1.33 bits per heavy atom. The van der Waals surface area contributed by atoms with Gasteiger partial charge in [-0.05, 0) is 11.6 Å². The van der Waals surface area contributed by atoms with E-state index in [1.54, 1.807) is 19.1 Å². The van der Waals surface area contributed by atoms with Crippen LogP contribution in [-0.4, -0.2) is 16.1 Å². The van der Waals surface area contributed by atoms with Gasteiger partial charge in [-0.2, -0.15) is 0 Å². The van der Waals surface area contributed by atoms with Crippen molar-refractivity contribution < 1.29 is 9.59 Å². The van der Waals surface area contributed by atoms with Gasteiger partial charge in [0.1, 0.15) is 0 Å². The molecule has 2 nitrogen and oxygen atoms in total. The minimum atomic E-state index is -0.400. The fourth-order valence-corrected chi connectivity index (χ4v) is 1.95. The van der Waals surface area contributed by atoms with Crippen LogP contribution < -0.4 is 0 Å². The van der Waals surface area contributed by atoms with E-state index in [2.05, 4.69) is 0 Å². The number of hydrogen-bond donors (Lipinski definition) is 0. The third kappa shape index (κ3) is 4.06. The molecule has 1 rings (SSSR count). The van der Waals surface area contributed by atoms with Crippen LogP contribution in [0.15, 0.2) is 30.3 Å². The number of hydrogen-bond acceptors (Lipinski definition) is 3. The van der Waals surface area contributed by atoms with Gasteiger partial charge in [0.15, 0.2) is 0 Å². The molecule has 1 aromatic rings. The molecule has 0 N–H and O–H groups in total. The lowest BCUT2D eigenvalue weighted by Crippen LogP contribution is -2.08. The van der Waals surface area contributed by atoms with Gasteiger partial charge >= 0.3 is 0 Å². The predicted octanol–water partition coefficient (Wildman–Crippen LogP) is 2.96. The Morgan fingerprint density at radius 3 is 2.47 bits per heavy atom. The molecule has 0 unspecified atom stereocenters. The zero-order chi connectivity index (χ0) is 11.3. The van der Waals surface area contributed by atoms with Crippen LogP contribution in [0.5, 0.6) is 0 Å². The maximum atomic E-state index is 11.6. The van der Waals surface area contributed by atoms with Gasteiger partial charge in [0.2, 0.25) is 10.4 Å². The Morgan fingerprint density at radius 2 is 1.93 bits per heavy atom. The number of rotatable bonds is 4. The van der Waals surface area contributed by atoms with E-state index in [0.29, 0.717) is 11.3 Å². The second-order valence-corrected chi connectivity index (χ2v) is 4.53. The molecule has 0 fully saturated rings. The fourth-order valence-electron chi connectivity index (χ4n) is 0.924. The molecule has 1 aromatic carbocycles. The average molecular weight is 243 g/mol. The van der Waals surface area contributed by atoms with Gasteiger partial charge in [-0.3, -0.25) is 9.59 Å².